The summed E-state index contributed by atoms with van der Waals surface area (Å²) in [5.41, 5.74) is 2.91. The molecule has 0 bridgehead atoms. The van der Waals surface area contributed by atoms with Crippen LogP contribution in [-0.4, -0.2) is 21.0 Å². The summed E-state index contributed by atoms with van der Waals surface area (Å²) in [6.07, 6.45) is 4.17. The second kappa shape index (κ2) is 7.52. The van der Waals surface area contributed by atoms with Crippen LogP contribution in [0.5, 0.6) is 11.5 Å². The smallest absolute Gasteiger partial charge is 0.343 e. The Hall–Kier alpha value is -3.61. The zero-order valence-corrected chi connectivity index (χ0v) is 14.2. The molecule has 0 aliphatic rings. The number of hydrogen-bond acceptors (Lipinski definition) is 7. The third-order valence-electron chi connectivity index (χ3n) is 3.59. The van der Waals surface area contributed by atoms with E-state index in [4.69, 9.17) is 4.74 Å². The fraction of sp³-hybridized carbons (Fsp3) is 0.105. The molecule has 3 rings (SSSR count). The van der Waals surface area contributed by atoms with Crippen molar-refractivity contribution >= 4 is 17.3 Å². The van der Waals surface area contributed by atoms with E-state index in [0.717, 1.165) is 11.1 Å². The van der Waals surface area contributed by atoms with Crippen LogP contribution in [0.3, 0.4) is 0 Å². The number of carbonyl (C=O) groups excluding carboxylic acids is 1. The number of rotatable bonds is 4. The third-order valence-corrected chi connectivity index (χ3v) is 3.59. The first-order valence-corrected chi connectivity index (χ1v) is 7.82. The molecule has 0 amide bonds. The van der Waals surface area contributed by atoms with E-state index >= 15 is 0 Å². The summed E-state index contributed by atoms with van der Waals surface area (Å²) >= 11 is 0. The minimum atomic E-state index is -0.534. The van der Waals surface area contributed by atoms with Crippen molar-refractivity contribution in [2.24, 2.45) is 10.2 Å². The van der Waals surface area contributed by atoms with Gasteiger partial charge in [0.15, 0.2) is 5.75 Å². The number of azo groups is 1. The van der Waals surface area contributed by atoms with E-state index in [2.05, 4.69) is 20.2 Å². The highest BCUT2D eigenvalue weighted by molar-refractivity contribution is 5.91. The van der Waals surface area contributed by atoms with Gasteiger partial charge in [0.2, 0.25) is 0 Å². The summed E-state index contributed by atoms with van der Waals surface area (Å²) in [4.78, 5) is 19.8. The first-order valence-electron chi connectivity index (χ1n) is 7.82. The SMILES string of the molecule is Cc1cc(N=Nc2cccc(C(=O)Oc3cncnc3)c2)cc(C)c1O. The average molecular weight is 348 g/mol. The molecule has 0 aliphatic carbocycles. The number of carbonyl (C=O) groups is 1. The maximum atomic E-state index is 12.2. The Morgan fingerprint density at radius 3 is 2.35 bits per heavy atom. The molecule has 0 saturated carbocycles. The molecule has 0 atom stereocenters. The Bertz CT molecular complexity index is 949. The van der Waals surface area contributed by atoms with Crippen molar-refractivity contribution in [3.63, 3.8) is 0 Å². The molecule has 7 nitrogen and oxygen atoms in total. The lowest BCUT2D eigenvalue weighted by molar-refractivity contribution is 0.0733. The number of ether oxygens (including phenoxy) is 1. The van der Waals surface area contributed by atoms with E-state index in [1.807, 2.05) is 0 Å². The first kappa shape index (κ1) is 17.2. The van der Waals surface area contributed by atoms with Crippen molar-refractivity contribution in [2.45, 2.75) is 13.8 Å². The number of phenols is 1. The molecule has 1 N–H and O–H groups in total. The fourth-order valence-corrected chi connectivity index (χ4v) is 2.31. The van der Waals surface area contributed by atoms with Crippen LogP contribution in [0.15, 0.2) is 65.3 Å². The number of nitrogens with zero attached hydrogens (tertiary/aromatic N) is 4. The van der Waals surface area contributed by atoms with Gasteiger partial charge >= 0.3 is 5.97 Å². The molecule has 0 radical (unpaired) electrons. The van der Waals surface area contributed by atoms with E-state index in [9.17, 15) is 9.90 Å². The maximum Gasteiger partial charge on any atom is 0.343 e. The summed E-state index contributed by atoms with van der Waals surface area (Å²) < 4.78 is 5.20. The van der Waals surface area contributed by atoms with Crippen LogP contribution < -0.4 is 4.74 Å². The van der Waals surface area contributed by atoms with E-state index < -0.39 is 5.97 Å². The van der Waals surface area contributed by atoms with Crippen molar-refractivity contribution in [3.8, 4) is 11.5 Å². The second-order valence-corrected chi connectivity index (χ2v) is 5.64. The number of phenolic OH excluding ortho intramolecular Hbond substituents is 1. The number of aromatic hydroxyl groups is 1. The molecule has 0 saturated heterocycles. The molecule has 0 spiro atoms. The predicted octanol–water partition coefficient (Wildman–Crippen LogP) is 4.43. The number of aromatic nitrogens is 2. The van der Waals surface area contributed by atoms with Gasteiger partial charge in [-0.15, -0.1) is 0 Å². The third kappa shape index (κ3) is 4.07. The molecular formula is C19H16N4O3. The summed E-state index contributed by atoms with van der Waals surface area (Å²) in [6.45, 7) is 3.59. The Balaban J connectivity index is 1.78. The van der Waals surface area contributed by atoms with Gasteiger partial charge in [0.25, 0.3) is 0 Å². The molecule has 2 aromatic carbocycles. The molecule has 0 aliphatic heterocycles. The Kier molecular flexibility index (Phi) is 4.98. The Labute approximate surface area is 150 Å². The molecule has 130 valence electrons. The van der Waals surface area contributed by atoms with Gasteiger partial charge in [-0.1, -0.05) is 6.07 Å². The zero-order valence-electron chi connectivity index (χ0n) is 14.2. The lowest BCUT2D eigenvalue weighted by Crippen LogP contribution is -2.08. The minimum Gasteiger partial charge on any atom is -0.507 e. The van der Waals surface area contributed by atoms with Gasteiger partial charge in [-0.25, -0.2) is 14.8 Å². The molecule has 3 aromatic rings. The predicted molar refractivity (Wildman–Crippen MR) is 95.2 cm³/mol. The standard InChI is InChI=1S/C19H16N4O3/c1-12-6-16(7-13(2)18(12)24)23-22-15-5-3-4-14(8-15)19(25)26-17-9-20-11-21-10-17/h3-11,24H,1-2H3. The first-order chi connectivity index (χ1) is 12.5. The molecule has 7 heteroatoms. The average Bonchev–Trinajstić information content (AvgIpc) is 2.65. The number of benzene rings is 2. The van der Waals surface area contributed by atoms with Crippen LogP contribution >= 0.6 is 0 Å². The second-order valence-electron chi connectivity index (χ2n) is 5.64. The van der Waals surface area contributed by atoms with E-state index in [0.29, 0.717) is 16.9 Å². The Morgan fingerprint density at radius 1 is 1.00 bits per heavy atom. The number of aryl methyl sites for hydroxylation is 2. The molecule has 1 aromatic heterocycles. The van der Waals surface area contributed by atoms with Crippen molar-refractivity contribution in [1.29, 1.82) is 0 Å². The van der Waals surface area contributed by atoms with Gasteiger partial charge in [0.1, 0.15) is 12.1 Å². The van der Waals surface area contributed by atoms with Crippen LogP contribution in [0, 0.1) is 13.8 Å². The quantitative estimate of drug-likeness (QED) is 0.555. The van der Waals surface area contributed by atoms with Crippen molar-refractivity contribution in [3.05, 3.63) is 71.8 Å². The number of esters is 1. The molecule has 26 heavy (non-hydrogen) atoms. The van der Waals surface area contributed by atoms with E-state index in [1.165, 1.54) is 18.7 Å². The normalized spacial score (nSPS) is 10.8. The van der Waals surface area contributed by atoms with E-state index in [-0.39, 0.29) is 11.5 Å². The summed E-state index contributed by atoms with van der Waals surface area (Å²) in [5.74, 6) is -0.0219. The van der Waals surface area contributed by atoms with E-state index in [1.54, 1.807) is 50.2 Å². The van der Waals surface area contributed by atoms with Gasteiger partial charge in [-0.3, -0.25) is 0 Å². The van der Waals surface area contributed by atoms with Crippen LogP contribution in [0.25, 0.3) is 0 Å². The lowest BCUT2D eigenvalue weighted by atomic mass is 10.1. The van der Waals surface area contributed by atoms with Crippen LogP contribution in [0.2, 0.25) is 0 Å². The summed E-state index contributed by atoms with van der Waals surface area (Å²) in [5, 5.41) is 18.1. The molecule has 0 unspecified atom stereocenters. The molecule has 1 heterocycles. The van der Waals surface area contributed by atoms with Gasteiger partial charge in [0.05, 0.1) is 29.3 Å². The van der Waals surface area contributed by atoms with Gasteiger partial charge in [-0.05, 0) is 55.3 Å². The maximum absolute atomic E-state index is 12.2. The van der Waals surface area contributed by atoms with Crippen molar-refractivity contribution in [2.75, 3.05) is 0 Å². The van der Waals surface area contributed by atoms with Gasteiger partial charge in [0, 0.05) is 0 Å². The Morgan fingerprint density at radius 2 is 1.65 bits per heavy atom. The highest BCUT2D eigenvalue weighted by atomic mass is 16.5. The monoisotopic (exact) mass is 348 g/mol. The van der Waals surface area contributed by atoms with Gasteiger partial charge in [-0.2, -0.15) is 10.2 Å². The molecular weight excluding hydrogens is 332 g/mol. The largest absolute Gasteiger partial charge is 0.507 e. The van der Waals surface area contributed by atoms with Gasteiger partial charge < -0.3 is 9.84 Å². The highest BCUT2D eigenvalue weighted by Crippen LogP contribution is 2.28. The number of hydrogen-bond donors (Lipinski definition) is 1. The summed E-state index contributed by atoms with van der Waals surface area (Å²) in [6, 6.07) is 10.1. The zero-order chi connectivity index (χ0) is 18.5. The summed E-state index contributed by atoms with van der Waals surface area (Å²) in [7, 11) is 0. The van der Waals surface area contributed by atoms with Crippen LogP contribution in [-0.2, 0) is 0 Å². The lowest BCUT2D eigenvalue weighted by Gasteiger charge is -2.04. The fourth-order valence-electron chi connectivity index (χ4n) is 2.31. The molecule has 0 fully saturated rings. The van der Waals surface area contributed by atoms with Crippen LogP contribution in [0.4, 0.5) is 11.4 Å². The van der Waals surface area contributed by atoms with Crippen molar-refractivity contribution < 1.29 is 14.6 Å². The highest BCUT2D eigenvalue weighted by Gasteiger charge is 2.09. The topological polar surface area (TPSA) is 97.0 Å². The van der Waals surface area contributed by atoms with Crippen LogP contribution in [0.1, 0.15) is 21.5 Å². The van der Waals surface area contributed by atoms with Crippen molar-refractivity contribution in [1.82, 2.24) is 9.97 Å². The minimum absolute atomic E-state index is 0.249.